The summed E-state index contributed by atoms with van der Waals surface area (Å²) in [5.41, 5.74) is 6.73. The van der Waals surface area contributed by atoms with Crippen LogP contribution in [0.2, 0.25) is 0 Å². The first kappa shape index (κ1) is 24.4. The Kier molecular flexibility index (Phi) is 8.98. The van der Waals surface area contributed by atoms with Gasteiger partial charge in [-0.25, -0.2) is 0 Å². The molecule has 2 aromatic carbocycles. The molecule has 7 nitrogen and oxygen atoms in total. The summed E-state index contributed by atoms with van der Waals surface area (Å²) in [5, 5.41) is 0. The summed E-state index contributed by atoms with van der Waals surface area (Å²) in [6.07, 6.45) is 6.35. The van der Waals surface area contributed by atoms with E-state index in [1.807, 2.05) is 41.3 Å². The lowest BCUT2D eigenvalue weighted by atomic mass is 9.93. The van der Waals surface area contributed by atoms with E-state index in [1.165, 1.54) is 6.42 Å². The predicted octanol–water partition coefficient (Wildman–Crippen LogP) is 4.32. The van der Waals surface area contributed by atoms with Crippen LogP contribution in [-0.2, 0) is 11.3 Å². The Balaban J connectivity index is 1.84. The van der Waals surface area contributed by atoms with E-state index in [0.717, 1.165) is 37.7 Å². The van der Waals surface area contributed by atoms with Crippen LogP contribution >= 0.6 is 0 Å². The number of amides is 2. The van der Waals surface area contributed by atoms with E-state index < -0.39 is 5.91 Å². The molecule has 0 spiro atoms. The molecule has 0 saturated heterocycles. The van der Waals surface area contributed by atoms with E-state index in [4.69, 9.17) is 19.9 Å². The Morgan fingerprint density at radius 2 is 1.82 bits per heavy atom. The first-order chi connectivity index (χ1) is 16.0. The first-order valence-electron chi connectivity index (χ1n) is 11.6. The molecule has 0 atom stereocenters. The van der Waals surface area contributed by atoms with Crippen molar-refractivity contribution in [3.05, 3.63) is 53.6 Å². The highest BCUT2D eigenvalue weighted by Crippen LogP contribution is 2.31. The van der Waals surface area contributed by atoms with Crippen LogP contribution in [0.25, 0.3) is 0 Å². The van der Waals surface area contributed by atoms with E-state index >= 15 is 0 Å². The third-order valence-corrected chi connectivity index (χ3v) is 5.78. The molecular weight excluding hydrogens is 420 g/mol. The fourth-order valence-corrected chi connectivity index (χ4v) is 4.14. The molecule has 1 fully saturated rings. The fourth-order valence-electron chi connectivity index (χ4n) is 4.14. The van der Waals surface area contributed by atoms with Gasteiger partial charge in [0.25, 0.3) is 11.8 Å². The van der Waals surface area contributed by atoms with Gasteiger partial charge in [-0.05, 0) is 55.2 Å². The molecular formula is C26H34N2O5. The Morgan fingerprint density at radius 1 is 1.03 bits per heavy atom. The van der Waals surface area contributed by atoms with Crippen molar-refractivity contribution in [2.75, 3.05) is 20.3 Å². The molecule has 0 aliphatic heterocycles. The number of hydrogen-bond donors (Lipinski definition) is 1. The maximum absolute atomic E-state index is 13.6. The summed E-state index contributed by atoms with van der Waals surface area (Å²) >= 11 is 0. The van der Waals surface area contributed by atoms with Crippen LogP contribution in [0.3, 0.4) is 0 Å². The zero-order chi connectivity index (χ0) is 23.6. The Morgan fingerprint density at radius 3 is 2.52 bits per heavy atom. The van der Waals surface area contributed by atoms with Crippen molar-refractivity contribution in [2.24, 2.45) is 5.73 Å². The second kappa shape index (κ2) is 12.1. The average Bonchev–Trinajstić information content (AvgIpc) is 2.85. The van der Waals surface area contributed by atoms with Crippen LogP contribution in [0.5, 0.6) is 17.2 Å². The third kappa shape index (κ3) is 6.88. The van der Waals surface area contributed by atoms with Crippen LogP contribution in [0.15, 0.2) is 42.5 Å². The summed E-state index contributed by atoms with van der Waals surface area (Å²) < 4.78 is 16.6. The molecule has 0 aromatic heterocycles. The van der Waals surface area contributed by atoms with Crippen molar-refractivity contribution in [3.63, 3.8) is 0 Å². The lowest BCUT2D eigenvalue weighted by molar-refractivity contribution is -0.119. The van der Waals surface area contributed by atoms with Crippen molar-refractivity contribution in [3.8, 4) is 17.2 Å². The Labute approximate surface area is 195 Å². The predicted molar refractivity (Wildman–Crippen MR) is 127 cm³/mol. The largest absolute Gasteiger partial charge is 0.494 e. The number of rotatable bonds is 11. The van der Waals surface area contributed by atoms with Crippen LogP contribution in [0.1, 0.15) is 61.4 Å². The van der Waals surface area contributed by atoms with Crippen molar-refractivity contribution >= 4 is 11.8 Å². The van der Waals surface area contributed by atoms with Gasteiger partial charge in [0.15, 0.2) is 18.1 Å². The summed E-state index contributed by atoms with van der Waals surface area (Å²) in [7, 11) is 1.54. The monoisotopic (exact) mass is 454 g/mol. The summed E-state index contributed by atoms with van der Waals surface area (Å²) in [6.45, 7) is 2.90. The zero-order valence-electron chi connectivity index (χ0n) is 19.5. The molecule has 2 N–H and O–H groups in total. The van der Waals surface area contributed by atoms with Gasteiger partial charge >= 0.3 is 0 Å². The minimum absolute atomic E-state index is 0.00290. The smallest absolute Gasteiger partial charge is 0.255 e. The molecule has 33 heavy (non-hydrogen) atoms. The topological polar surface area (TPSA) is 91.1 Å². The number of primary amides is 1. The molecule has 0 radical (unpaired) electrons. The van der Waals surface area contributed by atoms with Gasteiger partial charge < -0.3 is 24.8 Å². The Hall–Kier alpha value is -3.22. The highest BCUT2D eigenvalue weighted by atomic mass is 16.5. The number of ether oxygens (including phenoxy) is 3. The molecule has 0 bridgehead atoms. The molecule has 1 aliphatic carbocycles. The average molecular weight is 455 g/mol. The minimum Gasteiger partial charge on any atom is -0.494 e. The normalized spacial score (nSPS) is 13.9. The third-order valence-electron chi connectivity index (χ3n) is 5.78. The van der Waals surface area contributed by atoms with Crippen molar-refractivity contribution in [1.29, 1.82) is 0 Å². The minimum atomic E-state index is -0.555. The van der Waals surface area contributed by atoms with Gasteiger partial charge in [-0.3, -0.25) is 9.59 Å². The number of carbonyl (C=O) groups is 2. The van der Waals surface area contributed by atoms with E-state index in [-0.39, 0.29) is 18.6 Å². The SMILES string of the molecule is CCCOc1cccc(C(=O)N(Cc2ccc(OCC(N)=O)c(OC)c2)C2CCCCC2)c1. The second-order valence-corrected chi connectivity index (χ2v) is 8.34. The lowest BCUT2D eigenvalue weighted by Gasteiger charge is -2.35. The fraction of sp³-hybridized carbons (Fsp3) is 0.462. The highest BCUT2D eigenvalue weighted by molar-refractivity contribution is 5.94. The van der Waals surface area contributed by atoms with Crippen LogP contribution < -0.4 is 19.9 Å². The molecule has 0 heterocycles. The number of nitrogens with zero attached hydrogens (tertiary/aromatic N) is 1. The molecule has 1 aliphatic rings. The molecule has 3 rings (SSSR count). The molecule has 1 saturated carbocycles. The van der Waals surface area contributed by atoms with E-state index in [2.05, 4.69) is 6.92 Å². The van der Waals surface area contributed by atoms with Crippen LogP contribution in [0.4, 0.5) is 0 Å². The van der Waals surface area contributed by atoms with E-state index in [9.17, 15) is 9.59 Å². The molecule has 2 aromatic rings. The Bertz CT molecular complexity index is 940. The number of hydrogen-bond acceptors (Lipinski definition) is 5. The molecule has 7 heteroatoms. The van der Waals surface area contributed by atoms with E-state index in [1.54, 1.807) is 13.2 Å². The number of carbonyl (C=O) groups excluding carboxylic acids is 2. The highest BCUT2D eigenvalue weighted by Gasteiger charge is 2.27. The maximum atomic E-state index is 13.6. The van der Waals surface area contributed by atoms with Gasteiger partial charge in [-0.15, -0.1) is 0 Å². The number of benzene rings is 2. The van der Waals surface area contributed by atoms with Crippen molar-refractivity contribution in [2.45, 2.75) is 58.0 Å². The van der Waals surface area contributed by atoms with Crippen molar-refractivity contribution < 1.29 is 23.8 Å². The van der Waals surface area contributed by atoms with Gasteiger partial charge in [0.05, 0.1) is 13.7 Å². The van der Waals surface area contributed by atoms with Gasteiger partial charge in [0, 0.05) is 18.2 Å². The van der Waals surface area contributed by atoms with Gasteiger partial charge in [-0.2, -0.15) is 0 Å². The van der Waals surface area contributed by atoms with Crippen molar-refractivity contribution in [1.82, 2.24) is 4.90 Å². The zero-order valence-corrected chi connectivity index (χ0v) is 19.5. The maximum Gasteiger partial charge on any atom is 0.255 e. The standard InChI is InChI=1S/C26H34N2O5/c1-3-14-32-22-11-7-8-20(16-22)26(30)28(21-9-5-4-6-10-21)17-19-12-13-23(24(15-19)31-2)33-18-25(27)29/h7-8,11-13,15-16,21H,3-6,9-10,14,17-18H2,1-2H3,(H2,27,29). The summed E-state index contributed by atoms with van der Waals surface area (Å²) in [5.74, 6) is 1.09. The molecule has 2 amide bonds. The molecule has 0 unspecified atom stereocenters. The first-order valence-corrected chi connectivity index (χ1v) is 11.6. The lowest BCUT2D eigenvalue weighted by Crippen LogP contribution is -2.41. The summed E-state index contributed by atoms with van der Waals surface area (Å²) in [6, 6.07) is 13.1. The van der Waals surface area contributed by atoms with Gasteiger partial charge in [-0.1, -0.05) is 38.3 Å². The molecule has 178 valence electrons. The summed E-state index contributed by atoms with van der Waals surface area (Å²) in [4.78, 5) is 26.7. The second-order valence-electron chi connectivity index (χ2n) is 8.34. The van der Waals surface area contributed by atoms with Gasteiger partial charge in [0.1, 0.15) is 5.75 Å². The van der Waals surface area contributed by atoms with E-state index in [0.29, 0.717) is 36.0 Å². The number of methoxy groups -OCH3 is 1. The quantitative estimate of drug-likeness (QED) is 0.546. The van der Waals surface area contributed by atoms with Crippen LogP contribution in [0, 0.1) is 0 Å². The van der Waals surface area contributed by atoms with Crippen LogP contribution in [-0.4, -0.2) is 43.1 Å². The number of nitrogens with two attached hydrogens (primary N) is 1. The van der Waals surface area contributed by atoms with Gasteiger partial charge in [0.2, 0.25) is 0 Å².